The first-order chi connectivity index (χ1) is 14.0. The third-order valence-corrected chi connectivity index (χ3v) is 4.80. The fourth-order valence-corrected chi connectivity index (χ4v) is 3.14. The van der Waals surface area contributed by atoms with E-state index < -0.39 is 0 Å². The van der Waals surface area contributed by atoms with Crippen molar-refractivity contribution in [3.63, 3.8) is 0 Å². The van der Waals surface area contributed by atoms with E-state index >= 15 is 0 Å². The molecule has 2 aromatic heterocycles. The molecule has 0 saturated heterocycles. The van der Waals surface area contributed by atoms with E-state index in [4.69, 9.17) is 25.6 Å². The van der Waals surface area contributed by atoms with E-state index in [1.54, 1.807) is 31.0 Å². The first-order valence-electron chi connectivity index (χ1n) is 8.77. The Hall–Kier alpha value is -3.39. The molecule has 0 aliphatic carbocycles. The Morgan fingerprint density at radius 2 is 1.79 bits per heavy atom. The summed E-state index contributed by atoms with van der Waals surface area (Å²) >= 11 is 6.14. The van der Waals surface area contributed by atoms with Gasteiger partial charge in [0.15, 0.2) is 17.2 Å². The Bertz CT molecular complexity index is 1180. The number of halogens is 1. The number of rotatable bonds is 5. The largest absolute Gasteiger partial charge is 0.493 e. The fraction of sp³-hybridized carbons (Fsp3) is 0.200. The van der Waals surface area contributed by atoms with Crippen molar-refractivity contribution >= 4 is 11.6 Å². The van der Waals surface area contributed by atoms with Crippen LogP contribution < -0.4 is 9.47 Å². The molecule has 9 heteroatoms. The normalized spacial score (nSPS) is 10.9. The fourth-order valence-electron chi connectivity index (χ4n) is 2.98. The molecule has 0 saturated carbocycles. The first kappa shape index (κ1) is 18.9. The number of benzene rings is 2. The molecular weight excluding hydrogens is 394 g/mol. The smallest absolute Gasteiger partial charge is 0.280 e. The molecule has 0 unspecified atom stereocenters. The summed E-state index contributed by atoms with van der Waals surface area (Å²) in [5, 5.41) is 13.2. The lowest BCUT2D eigenvalue weighted by Crippen LogP contribution is -2.01. The van der Waals surface area contributed by atoms with Crippen LogP contribution in [0.2, 0.25) is 5.02 Å². The van der Waals surface area contributed by atoms with E-state index in [0.29, 0.717) is 28.0 Å². The van der Waals surface area contributed by atoms with Crippen LogP contribution in [-0.2, 0) is 0 Å². The number of hydrogen-bond acceptors (Lipinski definition) is 7. The van der Waals surface area contributed by atoms with Crippen LogP contribution in [0.4, 0.5) is 0 Å². The van der Waals surface area contributed by atoms with Crippen LogP contribution in [0.1, 0.15) is 11.3 Å². The van der Waals surface area contributed by atoms with Crippen molar-refractivity contribution in [1.29, 1.82) is 0 Å². The second-order valence-electron chi connectivity index (χ2n) is 6.36. The van der Waals surface area contributed by atoms with Crippen LogP contribution >= 0.6 is 11.6 Å². The van der Waals surface area contributed by atoms with Gasteiger partial charge in [-0.05, 0) is 49.7 Å². The molecule has 0 aliphatic heterocycles. The minimum atomic E-state index is 0.276. The third kappa shape index (κ3) is 3.42. The summed E-state index contributed by atoms with van der Waals surface area (Å²) in [6, 6.07) is 11.0. The Morgan fingerprint density at radius 3 is 2.55 bits per heavy atom. The van der Waals surface area contributed by atoms with Gasteiger partial charge in [-0.2, -0.15) is 4.98 Å². The molecule has 0 aliphatic rings. The van der Waals surface area contributed by atoms with Crippen LogP contribution in [0.25, 0.3) is 28.7 Å². The number of ether oxygens (including phenoxy) is 2. The van der Waals surface area contributed by atoms with Crippen LogP contribution in [-0.4, -0.2) is 39.4 Å². The lowest BCUT2D eigenvalue weighted by molar-refractivity contribution is 0.355. The maximum Gasteiger partial charge on any atom is 0.280 e. The van der Waals surface area contributed by atoms with Crippen molar-refractivity contribution < 1.29 is 14.0 Å². The van der Waals surface area contributed by atoms with Gasteiger partial charge in [-0.25, -0.2) is 4.68 Å². The lowest BCUT2D eigenvalue weighted by Gasteiger charge is -2.07. The van der Waals surface area contributed by atoms with Crippen LogP contribution in [0.15, 0.2) is 40.9 Å². The SMILES string of the molecule is COc1ccc(-c2noc(-c3nnn(-c4cc(Cl)ccc4C)c3C)n2)cc1OC. The summed E-state index contributed by atoms with van der Waals surface area (Å²) in [7, 11) is 3.15. The van der Waals surface area contributed by atoms with Crippen molar-refractivity contribution in [2.45, 2.75) is 13.8 Å². The van der Waals surface area contributed by atoms with Gasteiger partial charge in [0.1, 0.15) is 0 Å². The van der Waals surface area contributed by atoms with E-state index in [-0.39, 0.29) is 5.89 Å². The van der Waals surface area contributed by atoms with E-state index in [9.17, 15) is 0 Å². The van der Waals surface area contributed by atoms with E-state index in [2.05, 4.69) is 20.5 Å². The highest BCUT2D eigenvalue weighted by Crippen LogP contribution is 2.32. The highest BCUT2D eigenvalue weighted by molar-refractivity contribution is 6.30. The summed E-state index contributed by atoms with van der Waals surface area (Å²) in [5.74, 6) is 1.89. The highest BCUT2D eigenvalue weighted by Gasteiger charge is 2.20. The molecule has 0 radical (unpaired) electrons. The molecule has 0 bridgehead atoms. The molecule has 0 amide bonds. The number of nitrogens with zero attached hydrogens (tertiary/aromatic N) is 5. The van der Waals surface area contributed by atoms with Gasteiger partial charge >= 0.3 is 0 Å². The number of aromatic nitrogens is 5. The predicted molar refractivity (Wildman–Crippen MR) is 108 cm³/mol. The second kappa shape index (κ2) is 7.56. The Labute approximate surface area is 172 Å². The van der Waals surface area contributed by atoms with Crippen LogP contribution in [0, 0.1) is 13.8 Å². The quantitative estimate of drug-likeness (QED) is 0.484. The highest BCUT2D eigenvalue weighted by atomic mass is 35.5. The maximum atomic E-state index is 6.14. The van der Waals surface area contributed by atoms with Gasteiger partial charge in [-0.15, -0.1) is 5.10 Å². The van der Waals surface area contributed by atoms with E-state index in [1.807, 2.05) is 38.1 Å². The molecule has 4 rings (SSSR count). The van der Waals surface area contributed by atoms with Crippen molar-refractivity contribution in [3.8, 4) is 40.2 Å². The summed E-state index contributed by atoms with van der Waals surface area (Å²) < 4.78 is 17.7. The Balaban J connectivity index is 1.71. The van der Waals surface area contributed by atoms with Crippen molar-refractivity contribution in [3.05, 3.63) is 52.7 Å². The standard InChI is InChI=1S/C20H18ClN5O3/c1-11-5-7-14(21)10-15(11)26-12(2)18(23-25-26)20-22-19(24-29-20)13-6-8-16(27-3)17(9-13)28-4/h5-10H,1-4H3. The lowest BCUT2D eigenvalue weighted by atomic mass is 10.2. The first-order valence-corrected chi connectivity index (χ1v) is 9.15. The van der Waals surface area contributed by atoms with Gasteiger partial charge in [0.05, 0.1) is 25.6 Å². The van der Waals surface area contributed by atoms with Gasteiger partial charge in [0.25, 0.3) is 5.89 Å². The third-order valence-electron chi connectivity index (χ3n) is 4.56. The second-order valence-corrected chi connectivity index (χ2v) is 6.80. The zero-order valence-corrected chi connectivity index (χ0v) is 17.1. The number of aryl methyl sites for hydroxylation is 1. The van der Waals surface area contributed by atoms with Crippen molar-refractivity contribution in [1.82, 2.24) is 25.1 Å². The minimum absolute atomic E-state index is 0.276. The average Bonchev–Trinajstić information content (AvgIpc) is 3.36. The van der Waals surface area contributed by atoms with Gasteiger partial charge < -0.3 is 14.0 Å². The van der Waals surface area contributed by atoms with Gasteiger partial charge in [0.2, 0.25) is 5.82 Å². The molecule has 0 N–H and O–H groups in total. The molecule has 0 atom stereocenters. The van der Waals surface area contributed by atoms with Crippen molar-refractivity contribution in [2.75, 3.05) is 14.2 Å². The molecule has 2 heterocycles. The topological polar surface area (TPSA) is 88.1 Å². The molecule has 0 spiro atoms. The minimum Gasteiger partial charge on any atom is -0.493 e. The molecule has 4 aromatic rings. The van der Waals surface area contributed by atoms with Gasteiger partial charge in [0, 0.05) is 10.6 Å². The van der Waals surface area contributed by atoms with Crippen LogP contribution in [0.5, 0.6) is 11.5 Å². The van der Waals surface area contributed by atoms with Crippen LogP contribution in [0.3, 0.4) is 0 Å². The average molecular weight is 412 g/mol. The molecule has 8 nitrogen and oxygen atoms in total. The van der Waals surface area contributed by atoms with Gasteiger partial charge in [-0.1, -0.05) is 28.0 Å². The Morgan fingerprint density at radius 1 is 1.00 bits per heavy atom. The number of methoxy groups -OCH3 is 2. The molecule has 0 fully saturated rings. The monoisotopic (exact) mass is 411 g/mol. The summed E-state index contributed by atoms with van der Waals surface area (Å²) in [6.07, 6.45) is 0. The molecular formula is C20H18ClN5O3. The van der Waals surface area contributed by atoms with Crippen molar-refractivity contribution in [2.24, 2.45) is 0 Å². The zero-order chi connectivity index (χ0) is 20.5. The summed E-state index contributed by atoms with van der Waals surface area (Å²) in [4.78, 5) is 4.47. The summed E-state index contributed by atoms with van der Waals surface area (Å²) in [6.45, 7) is 3.87. The molecule has 148 valence electrons. The summed E-state index contributed by atoms with van der Waals surface area (Å²) in [5.41, 5.74) is 3.86. The van der Waals surface area contributed by atoms with Gasteiger partial charge in [-0.3, -0.25) is 0 Å². The molecule has 2 aromatic carbocycles. The van der Waals surface area contributed by atoms with E-state index in [1.165, 1.54) is 0 Å². The predicted octanol–water partition coefficient (Wildman–Crippen LogP) is 4.27. The Kier molecular flexibility index (Phi) is 4.94. The van der Waals surface area contributed by atoms with E-state index in [0.717, 1.165) is 22.5 Å². The maximum absolute atomic E-state index is 6.14. The zero-order valence-electron chi connectivity index (χ0n) is 16.3. The molecule has 29 heavy (non-hydrogen) atoms. The number of hydrogen-bond donors (Lipinski definition) is 0.